The Morgan fingerprint density at radius 1 is 0.900 bits per heavy atom. The summed E-state index contributed by atoms with van der Waals surface area (Å²) in [6.07, 6.45) is 9.28. The fourth-order valence-electron chi connectivity index (χ4n) is 12.2. The third-order valence-corrected chi connectivity index (χ3v) is 17.9. The second-order valence-electron chi connectivity index (χ2n) is 24.0. The fourth-order valence-corrected chi connectivity index (χ4v) is 13.0. The largest absolute Gasteiger partial charge is 0.391 e. The lowest BCUT2D eigenvalue weighted by Crippen LogP contribution is -2.59. The van der Waals surface area contributed by atoms with Gasteiger partial charge in [0.1, 0.15) is 23.1 Å². The van der Waals surface area contributed by atoms with Gasteiger partial charge in [0.2, 0.25) is 23.7 Å². The number of aromatic nitrogens is 6. The summed E-state index contributed by atoms with van der Waals surface area (Å²) >= 11 is 1.59. The lowest BCUT2D eigenvalue weighted by Gasteiger charge is -2.49. The first-order valence-corrected chi connectivity index (χ1v) is 29.1. The SMILES string of the molecule is C=CCn1c(=O)c2cnc(Nc3ccc(N4CCN(C5CCC6(CC5)CCN(CC(=O)N[C@H](C(=O)N5C[C@H](O)C[C@H]5C(=O)NCc5ccc(-c7scnc7C)cc5)C(C)(C)C)CC6)CC4)cc3)nc2n1-c1cccc(C(C)(C)O)n1. The van der Waals surface area contributed by atoms with E-state index in [-0.39, 0.29) is 61.3 Å². The minimum Gasteiger partial charge on any atom is -0.391 e. The number of benzene rings is 2. The van der Waals surface area contributed by atoms with Crippen LogP contribution in [0, 0.1) is 17.8 Å². The van der Waals surface area contributed by atoms with Gasteiger partial charge < -0.3 is 36.0 Å². The average Bonchev–Trinajstić information content (AvgIpc) is 4.15. The second-order valence-corrected chi connectivity index (χ2v) is 24.9. The molecule has 10 rings (SSSR count). The van der Waals surface area contributed by atoms with Gasteiger partial charge in [-0.2, -0.15) is 4.98 Å². The molecule has 3 amide bonds. The Hall–Kier alpha value is -6.84. The van der Waals surface area contributed by atoms with Gasteiger partial charge in [-0.05, 0) is 131 Å². The smallest absolute Gasteiger partial charge is 0.278 e. The number of carbonyl (C=O) groups excluding carboxylic acids is 3. The lowest BCUT2D eigenvalue weighted by molar-refractivity contribution is -0.144. The van der Waals surface area contributed by atoms with E-state index in [2.05, 4.69) is 64.3 Å². The van der Waals surface area contributed by atoms with Crippen LogP contribution in [0.5, 0.6) is 0 Å². The molecule has 19 nitrogen and oxygen atoms in total. The summed E-state index contributed by atoms with van der Waals surface area (Å²) in [5, 5.41) is 31.1. The molecule has 424 valence electrons. The predicted octanol–water partition coefficient (Wildman–Crippen LogP) is 6.52. The molecular formula is C60H77N13O6S. The van der Waals surface area contributed by atoms with Crippen LogP contribution in [0.4, 0.5) is 17.3 Å². The van der Waals surface area contributed by atoms with E-state index < -0.39 is 29.2 Å². The monoisotopic (exact) mass is 1110 g/mol. The number of fused-ring (bicyclic) bond motifs is 1. The summed E-state index contributed by atoms with van der Waals surface area (Å²) in [4.78, 5) is 83.4. The van der Waals surface area contributed by atoms with E-state index in [0.717, 1.165) is 85.2 Å². The maximum absolute atomic E-state index is 14.3. The van der Waals surface area contributed by atoms with Crippen molar-refractivity contribution < 1.29 is 24.6 Å². The third kappa shape index (κ3) is 12.4. The Morgan fingerprint density at radius 3 is 2.26 bits per heavy atom. The van der Waals surface area contributed by atoms with Gasteiger partial charge in [-0.1, -0.05) is 57.2 Å². The molecule has 6 aromatic rings. The fraction of sp³-hybridized carbons (Fsp3) is 0.500. The summed E-state index contributed by atoms with van der Waals surface area (Å²) in [5.41, 5.74) is 5.81. The number of β-amino-alcohol motifs (C(OH)–C–C–N with tert-alkyl or cyclic N) is 1. The molecule has 4 aliphatic rings. The molecular weight excluding hydrogens is 1030 g/mol. The van der Waals surface area contributed by atoms with E-state index in [1.165, 1.54) is 41.5 Å². The quantitative estimate of drug-likeness (QED) is 0.0652. The number of aliphatic hydroxyl groups excluding tert-OH is 1. The molecule has 1 saturated carbocycles. The average molecular weight is 1110 g/mol. The molecule has 1 spiro atoms. The maximum atomic E-state index is 14.3. The first-order valence-electron chi connectivity index (χ1n) is 28.2. The van der Waals surface area contributed by atoms with Crippen molar-refractivity contribution in [2.75, 3.05) is 62.6 Å². The summed E-state index contributed by atoms with van der Waals surface area (Å²) in [7, 11) is 0. The Morgan fingerprint density at radius 2 is 1.61 bits per heavy atom. The Balaban J connectivity index is 0.670. The summed E-state index contributed by atoms with van der Waals surface area (Å²) < 4.78 is 3.16. The van der Waals surface area contributed by atoms with E-state index in [9.17, 15) is 29.4 Å². The molecule has 20 heteroatoms. The molecule has 4 fully saturated rings. The van der Waals surface area contributed by atoms with Crippen LogP contribution in [0.2, 0.25) is 0 Å². The first-order chi connectivity index (χ1) is 38.3. The highest BCUT2D eigenvalue weighted by Crippen LogP contribution is 2.46. The van der Waals surface area contributed by atoms with Crippen molar-refractivity contribution >= 4 is 57.4 Å². The van der Waals surface area contributed by atoms with Crippen molar-refractivity contribution in [1.82, 2.24) is 54.6 Å². The summed E-state index contributed by atoms with van der Waals surface area (Å²) in [5.74, 6) is -0.112. The molecule has 1 aliphatic carbocycles. The summed E-state index contributed by atoms with van der Waals surface area (Å²) in [6, 6.07) is 20.4. The van der Waals surface area contributed by atoms with Crippen molar-refractivity contribution in [2.45, 2.75) is 129 Å². The third-order valence-electron chi connectivity index (χ3n) is 16.9. The molecule has 0 bridgehead atoms. The van der Waals surface area contributed by atoms with Crippen LogP contribution >= 0.6 is 11.3 Å². The molecule has 4 aromatic heterocycles. The van der Waals surface area contributed by atoms with Gasteiger partial charge in [-0.15, -0.1) is 17.9 Å². The number of aryl methyl sites for hydroxylation is 1. The highest BCUT2D eigenvalue weighted by atomic mass is 32.1. The van der Waals surface area contributed by atoms with Crippen LogP contribution in [0.25, 0.3) is 27.3 Å². The number of hydrogen-bond donors (Lipinski definition) is 5. The standard InChI is InChI=1S/C60H77N13O6S/c1-8-26-72-55(77)46-35-62-57(67-53(46)73(72)49-11-9-10-48(65-49)59(6,7)79)64-42-16-18-43(19-17-42)69-29-31-70(32-30-69)44-20-22-60(23-21-44)24-27-68(28-25-60)37-50(75)66-52(58(3,4)5)56(78)71-36-45(74)33-47(71)54(76)61-34-40-12-14-41(15-13-40)51-39(2)63-38-80-51/h8-19,35,38,44-45,47,52,74,79H,1,20-34,36-37H2,2-7H3,(H,61,76)(H,66,75)(H,62,64,67)/t45-,47+,52-/m1/s1. The van der Waals surface area contributed by atoms with E-state index in [0.29, 0.717) is 34.5 Å². The molecule has 3 aliphatic heterocycles. The van der Waals surface area contributed by atoms with E-state index >= 15 is 0 Å². The van der Waals surface area contributed by atoms with Crippen LogP contribution in [0.15, 0.2) is 95.9 Å². The number of amides is 3. The first kappa shape index (κ1) is 56.4. The summed E-state index contributed by atoms with van der Waals surface area (Å²) in [6.45, 7) is 21.2. The van der Waals surface area contributed by atoms with E-state index in [1.807, 2.05) is 69.6 Å². The van der Waals surface area contributed by atoms with Crippen LogP contribution in [0.3, 0.4) is 0 Å². The highest BCUT2D eigenvalue weighted by molar-refractivity contribution is 7.13. The minimum atomic E-state index is -1.18. The molecule has 3 atom stereocenters. The van der Waals surface area contributed by atoms with Crippen molar-refractivity contribution in [2.24, 2.45) is 10.8 Å². The lowest BCUT2D eigenvalue weighted by atomic mass is 9.66. The van der Waals surface area contributed by atoms with Crippen LogP contribution in [-0.4, -0.2) is 149 Å². The number of hydrogen-bond acceptors (Lipinski definition) is 15. The number of nitrogens with one attached hydrogen (secondary N) is 3. The number of nitrogens with zero attached hydrogens (tertiary/aromatic N) is 10. The van der Waals surface area contributed by atoms with Crippen molar-refractivity contribution in [3.63, 3.8) is 0 Å². The van der Waals surface area contributed by atoms with Crippen LogP contribution in [-0.2, 0) is 33.1 Å². The number of carbonyl (C=O) groups is 3. The minimum absolute atomic E-state index is 0.0301. The molecule has 0 radical (unpaired) electrons. The Bertz CT molecular complexity index is 3240. The zero-order valence-electron chi connectivity index (χ0n) is 47.0. The van der Waals surface area contributed by atoms with E-state index in [1.54, 1.807) is 54.1 Å². The molecule has 5 N–H and O–H groups in total. The van der Waals surface area contributed by atoms with Gasteiger partial charge in [-0.25, -0.2) is 24.3 Å². The Labute approximate surface area is 472 Å². The van der Waals surface area contributed by atoms with Crippen molar-refractivity contribution in [1.29, 1.82) is 0 Å². The molecule has 80 heavy (non-hydrogen) atoms. The molecule has 0 unspecified atom stereocenters. The number of allylic oxidation sites excluding steroid dienone is 1. The molecule has 3 saturated heterocycles. The number of thiazole rings is 1. The number of piperidine rings is 1. The number of anilines is 3. The zero-order chi connectivity index (χ0) is 56.5. The topological polar surface area (TPSA) is 219 Å². The van der Waals surface area contributed by atoms with Crippen LogP contribution in [0.1, 0.15) is 96.5 Å². The van der Waals surface area contributed by atoms with Gasteiger partial charge in [0, 0.05) is 69.3 Å². The second kappa shape index (κ2) is 23.3. The normalized spacial score (nSPS) is 19.8. The van der Waals surface area contributed by atoms with Crippen molar-refractivity contribution in [3.05, 3.63) is 118 Å². The molecule has 7 heterocycles. The molecule has 2 aromatic carbocycles. The van der Waals surface area contributed by atoms with Gasteiger partial charge >= 0.3 is 0 Å². The maximum Gasteiger partial charge on any atom is 0.278 e. The van der Waals surface area contributed by atoms with Gasteiger partial charge in [0.05, 0.1) is 41.0 Å². The van der Waals surface area contributed by atoms with E-state index in [4.69, 9.17) is 4.98 Å². The number of aliphatic hydroxyl groups is 2. The predicted molar refractivity (Wildman–Crippen MR) is 312 cm³/mol. The van der Waals surface area contributed by atoms with Gasteiger partial charge in [0.25, 0.3) is 5.56 Å². The number of rotatable bonds is 16. The number of piperazine rings is 1. The number of pyridine rings is 1. The highest BCUT2D eigenvalue weighted by Gasteiger charge is 2.45. The number of likely N-dealkylation sites (tertiary alicyclic amines) is 2. The van der Waals surface area contributed by atoms with Gasteiger partial charge in [0.15, 0.2) is 11.5 Å². The van der Waals surface area contributed by atoms with Crippen LogP contribution < -0.4 is 26.4 Å². The van der Waals surface area contributed by atoms with Gasteiger partial charge in [-0.3, -0.25) is 29.0 Å². The zero-order valence-corrected chi connectivity index (χ0v) is 47.8. The van der Waals surface area contributed by atoms with Crippen molar-refractivity contribution in [3.8, 4) is 16.3 Å². The Kier molecular flexibility index (Phi) is 16.5.